The van der Waals surface area contributed by atoms with Gasteiger partial charge in [0.2, 0.25) is 0 Å². The number of carbonyl (C=O) groups excluding carboxylic acids is 1. The lowest BCUT2D eigenvalue weighted by Crippen LogP contribution is -2.27. The summed E-state index contributed by atoms with van der Waals surface area (Å²) >= 11 is 0. The van der Waals surface area contributed by atoms with Crippen molar-refractivity contribution in [3.8, 4) is 0 Å². The Balaban J connectivity index is 1.79. The fourth-order valence-electron chi connectivity index (χ4n) is 2.68. The molecule has 20 heavy (non-hydrogen) atoms. The lowest BCUT2D eigenvalue weighted by molar-refractivity contribution is 0.0936. The van der Waals surface area contributed by atoms with Crippen LogP contribution in [0.3, 0.4) is 0 Å². The van der Waals surface area contributed by atoms with Crippen LogP contribution < -0.4 is 5.32 Å². The molecule has 0 bridgehead atoms. The Morgan fingerprint density at radius 2 is 2.05 bits per heavy atom. The van der Waals surface area contributed by atoms with Gasteiger partial charge in [0.1, 0.15) is 5.82 Å². The van der Waals surface area contributed by atoms with Gasteiger partial charge >= 0.3 is 0 Å². The molecule has 2 nitrogen and oxygen atoms in total. The van der Waals surface area contributed by atoms with Gasteiger partial charge in [-0.3, -0.25) is 4.79 Å². The van der Waals surface area contributed by atoms with Crippen LogP contribution in [0.5, 0.6) is 0 Å². The van der Waals surface area contributed by atoms with Gasteiger partial charge in [-0.05, 0) is 48.6 Å². The average Bonchev–Trinajstić information content (AvgIpc) is 2.85. The second-order valence-electron chi connectivity index (χ2n) is 5.23. The van der Waals surface area contributed by atoms with Crippen molar-refractivity contribution in [2.75, 3.05) is 0 Å². The van der Waals surface area contributed by atoms with Gasteiger partial charge < -0.3 is 5.32 Å². The van der Waals surface area contributed by atoms with E-state index in [1.54, 1.807) is 19.1 Å². The molecule has 2 aromatic rings. The van der Waals surface area contributed by atoms with Crippen molar-refractivity contribution in [2.24, 2.45) is 0 Å². The van der Waals surface area contributed by atoms with Crippen molar-refractivity contribution in [2.45, 2.75) is 25.8 Å². The second-order valence-corrected chi connectivity index (χ2v) is 5.23. The number of hydrogen-bond acceptors (Lipinski definition) is 1. The topological polar surface area (TPSA) is 29.1 Å². The number of benzene rings is 2. The summed E-state index contributed by atoms with van der Waals surface area (Å²) in [7, 11) is 0. The van der Waals surface area contributed by atoms with Crippen molar-refractivity contribution >= 4 is 5.91 Å². The van der Waals surface area contributed by atoms with Crippen molar-refractivity contribution in [3.05, 3.63) is 70.5 Å². The van der Waals surface area contributed by atoms with E-state index in [0.717, 1.165) is 12.8 Å². The molecular formula is C17H16FNO. The first-order valence-corrected chi connectivity index (χ1v) is 6.80. The maximum atomic E-state index is 13.5. The standard InChI is InChI=1S/C17H16FNO/c1-11-6-7-13(10-15(11)18)17(20)19-16-9-8-12-4-2-3-5-14(12)16/h2-7,10,16H,8-9H2,1H3,(H,19,20)/t16-/m0/s1. The van der Waals surface area contributed by atoms with Crippen LogP contribution in [0.15, 0.2) is 42.5 Å². The summed E-state index contributed by atoms with van der Waals surface area (Å²) in [6.45, 7) is 1.68. The van der Waals surface area contributed by atoms with E-state index in [4.69, 9.17) is 0 Å². The maximum Gasteiger partial charge on any atom is 0.251 e. The fraction of sp³-hybridized carbons (Fsp3) is 0.235. The van der Waals surface area contributed by atoms with E-state index in [2.05, 4.69) is 11.4 Å². The first-order chi connectivity index (χ1) is 9.65. The van der Waals surface area contributed by atoms with Gasteiger partial charge in [0.25, 0.3) is 5.91 Å². The molecule has 0 aromatic heterocycles. The zero-order chi connectivity index (χ0) is 14.1. The summed E-state index contributed by atoms with van der Waals surface area (Å²) in [5, 5.41) is 2.99. The highest BCUT2D eigenvalue weighted by Crippen LogP contribution is 2.30. The monoisotopic (exact) mass is 269 g/mol. The predicted octanol–water partition coefficient (Wildman–Crippen LogP) is 3.55. The van der Waals surface area contributed by atoms with Gasteiger partial charge in [0.05, 0.1) is 6.04 Å². The molecule has 2 aromatic carbocycles. The van der Waals surface area contributed by atoms with E-state index in [9.17, 15) is 9.18 Å². The molecule has 0 aliphatic heterocycles. The van der Waals surface area contributed by atoms with Gasteiger partial charge in [-0.15, -0.1) is 0 Å². The molecular weight excluding hydrogens is 253 g/mol. The molecule has 0 saturated heterocycles. The molecule has 102 valence electrons. The zero-order valence-corrected chi connectivity index (χ0v) is 11.3. The maximum absolute atomic E-state index is 13.5. The number of fused-ring (bicyclic) bond motifs is 1. The second kappa shape index (κ2) is 5.08. The highest BCUT2D eigenvalue weighted by atomic mass is 19.1. The normalized spacial score (nSPS) is 16.8. The van der Waals surface area contributed by atoms with Gasteiger partial charge in [0.15, 0.2) is 0 Å². The molecule has 1 amide bonds. The molecule has 1 atom stereocenters. The Morgan fingerprint density at radius 1 is 1.25 bits per heavy atom. The van der Waals surface area contributed by atoms with E-state index in [0.29, 0.717) is 11.1 Å². The number of amides is 1. The first kappa shape index (κ1) is 12.9. The molecule has 0 saturated carbocycles. The van der Waals surface area contributed by atoms with Crippen molar-refractivity contribution in [1.29, 1.82) is 0 Å². The minimum absolute atomic E-state index is 0.0306. The largest absolute Gasteiger partial charge is 0.345 e. The molecule has 0 radical (unpaired) electrons. The van der Waals surface area contributed by atoms with Crippen LogP contribution in [-0.4, -0.2) is 5.91 Å². The molecule has 1 N–H and O–H groups in total. The lowest BCUT2D eigenvalue weighted by atomic mass is 10.1. The third kappa shape index (κ3) is 2.31. The Bertz CT molecular complexity index is 666. The van der Waals surface area contributed by atoms with E-state index in [-0.39, 0.29) is 17.8 Å². The molecule has 3 rings (SSSR count). The number of nitrogens with one attached hydrogen (secondary N) is 1. The van der Waals surface area contributed by atoms with Crippen LogP contribution in [0.4, 0.5) is 4.39 Å². The Hall–Kier alpha value is -2.16. The van der Waals surface area contributed by atoms with Crippen LogP contribution in [0, 0.1) is 12.7 Å². The number of aryl methyl sites for hydroxylation is 2. The van der Waals surface area contributed by atoms with Gasteiger partial charge in [-0.1, -0.05) is 30.3 Å². The minimum Gasteiger partial charge on any atom is -0.345 e. The lowest BCUT2D eigenvalue weighted by Gasteiger charge is -2.14. The number of carbonyl (C=O) groups is 1. The molecule has 1 aliphatic carbocycles. The molecule has 0 fully saturated rings. The van der Waals surface area contributed by atoms with Gasteiger partial charge in [-0.2, -0.15) is 0 Å². The predicted molar refractivity (Wildman–Crippen MR) is 76.1 cm³/mol. The van der Waals surface area contributed by atoms with Crippen molar-refractivity contribution in [1.82, 2.24) is 5.32 Å². The quantitative estimate of drug-likeness (QED) is 0.887. The van der Waals surface area contributed by atoms with E-state index < -0.39 is 0 Å². The van der Waals surface area contributed by atoms with Crippen LogP contribution in [0.1, 0.15) is 39.5 Å². The Labute approximate surface area is 117 Å². The van der Waals surface area contributed by atoms with Gasteiger partial charge in [-0.25, -0.2) is 4.39 Å². The summed E-state index contributed by atoms with van der Waals surface area (Å²) in [6.07, 6.45) is 1.88. The summed E-state index contributed by atoms with van der Waals surface area (Å²) in [5.41, 5.74) is 3.38. The molecule has 0 spiro atoms. The summed E-state index contributed by atoms with van der Waals surface area (Å²) in [4.78, 5) is 12.2. The summed E-state index contributed by atoms with van der Waals surface area (Å²) in [5.74, 6) is -0.560. The number of hydrogen-bond donors (Lipinski definition) is 1. The summed E-state index contributed by atoms with van der Waals surface area (Å²) < 4.78 is 13.5. The SMILES string of the molecule is Cc1ccc(C(=O)N[C@H]2CCc3ccccc32)cc1F. The smallest absolute Gasteiger partial charge is 0.251 e. The average molecular weight is 269 g/mol. The van der Waals surface area contributed by atoms with E-state index in [1.807, 2.05) is 18.2 Å². The molecule has 1 aliphatic rings. The summed E-state index contributed by atoms with van der Waals surface area (Å²) in [6, 6.07) is 12.7. The third-order valence-corrected chi connectivity index (χ3v) is 3.87. The van der Waals surface area contributed by atoms with Crippen molar-refractivity contribution in [3.63, 3.8) is 0 Å². The highest BCUT2D eigenvalue weighted by Gasteiger charge is 2.23. The zero-order valence-electron chi connectivity index (χ0n) is 11.3. The Morgan fingerprint density at radius 3 is 2.85 bits per heavy atom. The van der Waals surface area contributed by atoms with Crippen LogP contribution >= 0.6 is 0 Å². The van der Waals surface area contributed by atoms with E-state index in [1.165, 1.54) is 17.2 Å². The first-order valence-electron chi connectivity index (χ1n) is 6.80. The van der Waals surface area contributed by atoms with Crippen LogP contribution in [0.2, 0.25) is 0 Å². The number of halogens is 1. The fourth-order valence-corrected chi connectivity index (χ4v) is 2.68. The van der Waals surface area contributed by atoms with Crippen molar-refractivity contribution < 1.29 is 9.18 Å². The third-order valence-electron chi connectivity index (χ3n) is 3.87. The highest BCUT2D eigenvalue weighted by molar-refractivity contribution is 5.94. The molecule has 0 heterocycles. The Kier molecular flexibility index (Phi) is 3.26. The minimum atomic E-state index is -0.343. The number of rotatable bonds is 2. The van der Waals surface area contributed by atoms with Crippen LogP contribution in [-0.2, 0) is 6.42 Å². The molecule has 0 unspecified atom stereocenters. The molecule has 3 heteroatoms. The van der Waals surface area contributed by atoms with Crippen LogP contribution in [0.25, 0.3) is 0 Å². The van der Waals surface area contributed by atoms with E-state index >= 15 is 0 Å². The van der Waals surface area contributed by atoms with Gasteiger partial charge in [0, 0.05) is 5.56 Å².